The Labute approximate surface area is 208 Å². The van der Waals surface area contributed by atoms with E-state index in [1.165, 1.54) is 154 Å². The molecule has 0 saturated heterocycles. The molecule has 0 N–H and O–H groups in total. The van der Waals surface area contributed by atoms with Crippen LogP contribution in [0.3, 0.4) is 0 Å². The Morgan fingerprint density at radius 3 is 0.871 bits per heavy atom. The SMILES string of the molecule is CCCCCCCCCCCCCCCCCCC(CCCCCCCC)C(C)(Cl)Cl. The average molecular weight is 478 g/mol. The van der Waals surface area contributed by atoms with E-state index in [1.807, 2.05) is 6.92 Å². The fraction of sp³-hybridized carbons (Fsp3) is 1.00. The molecular formula is C29H58Cl2. The molecule has 31 heavy (non-hydrogen) atoms. The highest BCUT2D eigenvalue weighted by molar-refractivity contribution is 6.48. The molecular weight excluding hydrogens is 419 g/mol. The number of alkyl halides is 2. The van der Waals surface area contributed by atoms with Crippen molar-refractivity contribution in [1.82, 2.24) is 0 Å². The molecule has 0 rings (SSSR count). The third-order valence-electron chi connectivity index (χ3n) is 7.03. The molecule has 0 aromatic heterocycles. The minimum Gasteiger partial charge on any atom is -0.102 e. The third-order valence-corrected chi connectivity index (χ3v) is 7.65. The first-order chi connectivity index (χ1) is 15.0. The van der Waals surface area contributed by atoms with Gasteiger partial charge in [-0.2, -0.15) is 0 Å². The lowest BCUT2D eigenvalue weighted by Crippen LogP contribution is -2.22. The molecule has 0 aliphatic rings. The highest BCUT2D eigenvalue weighted by Crippen LogP contribution is 2.37. The molecule has 188 valence electrons. The molecule has 0 nitrogen and oxygen atoms in total. The van der Waals surface area contributed by atoms with Crippen LogP contribution in [0.1, 0.15) is 175 Å². The van der Waals surface area contributed by atoms with Gasteiger partial charge in [-0.15, -0.1) is 23.2 Å². The van der Waals surface area contributed by atoms with Crippen LogP contribution in [0.15, 0.2) is 0 Å². The molecule has 0 fully saturated rings. The van der Waals surface area contributed by atoms with E-state index in [0.29, 0.717) is 5.92 Å². The number of halogens is 2. The molecule has 0 aromatic carbocycles. The van der Waals surface area contributed by atoms with Crippen LogP contribution in [0.2, 0.25) is 0 Å². The molecule has 1 unspecified atom stereocenters. The maximum Gasteiger partial charge on any atom is 0.118 e. The summed E-state index contributed by atoms with van der Waals surface area (Å²) in [5.74, 6) is 0.466. The van der Waals surface area contributed by atoms with Gasteiger partial charge in [-0.05, 0) is 25.7 Å². The van der Waals surface area contributed by atoms with E-state index in [4.69, 9.17) is 23.2 Å². The second-order valence-electron chi connectivity index (χ2n) is 10.3. The zero-order valence-electron chi connectivity index (χ0n) is 21.8. The Morgan fingerprint density at radius 2 is 0.645 bits per heavy atom. The zero-order valence-corrected chi connectivity index (χ0v) is 23.3. The van der Waals surface area contributed by atoms with Crippen molar-refractivity contribution in [2.24, 2.45) is 5.92 Å². The van der Waals surface area contributed by atoms with Crippen molar-refractivity contribution < 1.29 is 0 Å². The molecule has 0 radical (unpaired) electrons. The van der Waals surface area contributed by atoms with Crippen LogP contribution in [-0.2, 0) is 0 Å². The summed E-state index contributed by atoms with van der Waals surface area (Å²) in [6.45, 7) is 6.58. The van der Waals surface area contributed by atoms with Crippen LogP contribution in [0.4, 0.5) is 0 Å². The molecule has 1 atom stereocenters. The molecule has 0 aromatic rings. The van der Waals surface area contributed by atoms with Gasteiger partial charge >= 0.3 is 0 Å². The minimum absolute atomic E-state index is 0.466. The van der Waals surface area contributed by atoms with Gasteiger partial charge < -0.3 is 0 Å². The summed E-state index contributed by atoms with van der Waals surface area (Å²) in [6, 6.07) is 0. The lowest BCUT2D eigenvalue weighted by Gasteiger charge is -2.26. The molecule has 0 heterocycles. The fourth-order valence-corrected chi connectivity index (χ4v) is 5.20. The number of rotatable bonds is 25. The van der Waals surface area contributed by atoms with Crippen LogP contribution in [-0.4, -0.2) is 4.33 Å². The number of unbranched alkanes of at least 4 members (excludes halogenated alkanes) is 20. The Balaban J connectivity index is 3.47. The van der Waals surface area contributed by atoms with E-state index in [0.717, 1.165) is 0 Å². The van der Waals surface area contributed by atoms with E-state index in [-0.39, 0.29) is 0 Å². The van der Waals surface area contributed by atoms with Crippen molar-refractivity contribution in [3.63, 3.8) is 0 Å². The molecule has 0 aliphatic heterocycles. The van der Waals surface area contributed by atoms with Gasteiger partial charge in [0.15, 0.2) is 0 Å². The van der Waals surface area contributed by atoms with Crippen LogP contribution < -0.4 is 0 Å². The van der Waals surface area contributed by atoms with Gasteiger partial charge in [-0.1, -0.05) is 155 Å². The predicted molar refractivity (Wildman–Crippen MR) is 146 cm³/mol. The van der Waals surface area contributed by atoms with Crippen molar-refractivity contribution in [3.8, 4) is 0 Å². The van der Waals surface area contributed by atoms with E-state index >= 15 is 0 Å². The smallest absolute Gasteiger partial charge is 0.102 e. The highest BCUT2D eigenvalue weighted by Gasteiger charge is 2.28. The van der Waals surface area contributed by atoms with Gasteiger partial charge in [-0.25, -0.2) is 0 Å². The largest absolute Gasteiger partial charge is 0.118 e. The lowest BCUT2D eigenvalue weighted by molar-refractivity contribution is 0.376. The maximum atomic E-state index is 6.50. The van der Waals surface area contributed by atoms with E-state index < -0.39 is 4.33 Å². The molecule has 0 amide bonds. The fourth-order valence-electron chi connectivity index (χ4n) is 4.76. The summed E-state index contributed by atoms with van der Waals surface area (Å²) in [5.41, 5.74) is 0. The van der Waals surface area contributed by atoms with Crippen LogP contribution in [0.25, 0.3) is 0 Å². The lowest BCUT2D eigenvalue weighted by atomic mass is 9.91. The van der Waals surface area contributed by atoms with Gasteiger partial charge in [0, 0.05) is 0 Å². The van der Waals surface area contributed by atoms with Crippen molar-refractivity contribution in [2.45, 2.75) is 179 Å². The summed E-state index contributed by atoms with van der Waals surface area (Å²) in [5, 5.41) is 0. The first-order valence-corrected chi connectivity index (χ1v) is 15.2. The van der Waals surface area contributed by atoms with Gasteiger partial charge in [0.25, 0.3) is 0 Å². The van der Waals surface area contributed by atoms with E-state index in [2.05, 4.69) is 13.8 Å². The van der Waals surface area contributed by atoms with Crippen molar-refractivity contribution in [3.05, 3.63) is 0 Å². The number of hydrogen-bond donors (Lipinski definition) is 0. The summed E-state index contributed by atoms with van der Waals surface area (Å²) in [4.78, 5) is 0. The van der Waals surface area contributed by atoms with Crippen LogP contribution in [0, 0.1) is 5.92 Å². The van der Waals surface area contributed by atoms with Crippen LogP contribution in [0.5, 0.6) is 0 Å². The average Bonchev–Trinajstić information content (AvgIpc) is 2.73. The standard InChI is InChI=1S/C29H58Cl2/c1-4-6-8-10-12-13-14-15-16-17-18-19-20-21-23-25-27-28(29(3,30)31)26-24-22-11-9-7-5-2/h28H,4-27H2,1-3H3. The van der Waals surface area contributed by atoms with Crippen molar-refractivity contribution in [1.29, 1.82) is 0 Å². The molecule has 2 heteroatoms. The van der Waals surface area contributed by atoms with Gasteiger partial charge in [-0.3, -0.25) is 0 Å². The third kappa shape index (κ3) is 23.5. The quantitative estimate of drug-likeness (QED) is 0.0905. The highest BCUT2D eigenvalue weighted by atomic mass is 35.5. The summed E-state index contributed by atoms with van der Waals surface area (Å²) in [6.07, 6.45) is 33.3. The molecule has 0 aliphatic carbocycles. The zero-order chi connectivity index (χ0) is 23.0. The maximum absolute atomic E-state index is 6.50. The monoisotopic (exact) mass is 476 g/mol. The summed E-state index contributed by atoms with van der Waals surface area (Å²) < 4.78 is -0.557. The predicted octanol–water partition coefficient (Wildman–Crippen LogP) is 12.2. The second-order valence-corrected chi connectivity index (χ2v) is 12.1. The first-order valence-electron chi connectivity index (χ1n) is 14.4. The van der Waals surface area contributed by atoms with Crippen molar-refractivity contribution in [2.75, 3.05) is 0 Å². The van der Waals surface area contributed by atoms with Gasteiger partial charge in [0.1, 0.15) is 4.33 Å². The molecule has 0 spiro atoms. The van der Waals surface area contributed by atoms with Gasteiger partial charge in [0.2, 0.25) is 0 Å². The first kappa shape index (κ1) is 31.6. The van der Waals surface area contributed by atoms with Crippen molar-refractivity contribution >= 4 is 23.2 Å². The Bertz CT molecular complexity index is 334. The van der Waals surface area contributed by atoms with E-state index in [9.17, 15) is 0 Å². The number of hydrogen-bond acceptors (Lipinski definition) is 0. The Morgan fingerprint density at radius 1 is 0.419 bits per heavy atom. The van der Waals surface area contributed by atoms with Crippen LogP contribution >= 0.6 is 23.2 Å². The Hall–Kier alpha value is 0.580. The normalized spacial score (nSPS) is 13.1. The van der Waals surface area contributed by atoms with E-state index in [1.54, 1.807) is 0 Å². The summed E-state index contributed by atoms with van der Waals surface area (Å²) in [7, 11) is 0. The topological polar surface area (TPSA) is 0 Å². The van der Waals surface area contributed by atoms with Gasteiger partial charge in [0.05, 0.1) is 0 Å². The molecule has 0 bridgehead atoms. The molecule has 0 saturated carbocycles. The second kappa shape index (κ2) is 23.7. The minimum atomic E-state index is -0.557. The summed E-state index contributed by atoms with van der Waals surface area (Å²) >= 11 is 13.0. The Kier molecular flexibility index (Phi) is 24.2.